The van der Waals surface area contributed by atoms with Crippen molar-refractivity contribution >= 4 is 17.5 Å². The van der Waals surface area contributed by atoms with E-state index in [0.717, 1.165) is 0 Å². The van der Waals surface area contributed by atoms with Crippen LogP contribution in [0.4, 0.5) is 18.9 Å². The van der Waals surface area contributed by atoms with E-state index in [1.807, 2.05) is 0 Å². The fraction of sp³-hybridized carbons (Fsp3) is 0.0625. The largest absolute Gasteiger partial charge is 0.573 e. The average Bonchev–Trinajstić information content (AvgIpc) is 2.45. The first kappa shape index (κ1) is 15.6. The van der Waals surface area contributed by atoms with Crippen LogP contribution in [0.1, 0.15) is 15.9 Å². The molecule has 0 aliphatic rings. The molecule has 0 aromatic heterocycles. The number of nitrogen functional groups attached to an aromatic ring is 1. The zero-order chi connectivity index (χ0) is 16.2. The SMILES string of the molecule is Nc1ccccc1C(=O)/C=C/c1ccc(OC(F)(F)F)cc1. The number of carbonyl (C=O) groups excluding carboxylic acids is 1. The number of carbonyl (C=O) groups is 1. The molecule has 0 amide bonds. The van der Waals surface area contributed by atoms with Crippen LogP contribution in [0.5, 0.6) is 5.75 Å². The van der Waals surface area contributed by atoms with Gasteiger partial charge in [0, 0.05) is 11.3 Å². The van der Waals surface area contributed by atoms with E-state index >= 15 is 0 Å². The van der Waals surface area contributed by atoms with E-state index in [9.17, 15) is 18.0 Å². The van der Waals surface area contributed by atoms with Crippen molar-refractivity contribution in [2.24, 2.45) is 0 Å². The van der Waals surface area contributed by atoms with Gasteiger partial charge < -0.3 is 10.5 Å². The van der Waals surface area contributed by atoms with Crippen LogP contribution in [0.2, 0.25) is 0 Å². The minimum Gasteiger partial charge on any atom is -0.406 e. The second-order valence-electron chi connectivity index (χ2n) is 4.40. The summed E-state index contributed by atoms with van der Waals surface area (Å²) in [6.45, 7) is 0. The lowest BCUT2D eigenvalue weighted by Gasteiger charge is -2.08. The van der Waals surface area contributed by atoms with E-state index < -0.39 is 6.36 Å². The third-order valence-electron chi connectivity index (χ3n) is 2.77. The Kier molecular flexibility index (Phi) is 4.50. The quantitative estimate of drug-likeness (QED) is 0.526. The summed E-state index contributed by atoms with van der Waals surface area (Å²) in [5.74, 6) is -0.600. The first-order valence-corrected chi connectivity index (χ1v) is 6.28. The lowest BCUT2D eigenvalue weighted by Crippen LogP contribution is -2.16. The van der Waals surface area contributed by atoms with Gasteiger partial charge in [0.1, 0.15) is 5.75 Å². The summed E-state index contributed by atoms with van der Waals surface area (Å²) in [4.78, 5) is 12.0. The molecule has 0 saturated heterocycles. The van der Waals surface area contributed by atoms with Crippen LogP contribution in [-0.4, -0.2) is 12.1 Å². The first-order valence-electron chi connectivity index (χ1n) is 6.28. The van der Waals surface area contributed by atoms with Crippen molar-refractivity contribution in [3.8, 4) is 5.75 Å². The van der Waals surface area contributed by atoms with E-state index in [-0.39, 0.29) is 11.5 Å². The zero-order valence-electron chi connectivity index (χ0n) is 11.3. The molecule has 0 saturated carbocycles. The van der Waals surface area contributed by atoms with E-state index in [2.05, 4.69) is 4.74 Å². The van der Waals surface area contributed by atoms with Crippen LogP contribution in [-0.2, 0) is 0 Å². The third kappa shape index (κ3) is 4.37. The number of ether oxygens (including phenoxy) is 1. The van der Waals surface area contributed by atoms with E-state index in [4.69, 9.17) is 5.73 Å². The highest BCUT2D eigenvalue weighted by molar-refractivity contribution is 6.10. The number of nitrogens with two attached hydrogens (primary N) is 1. The Hall–Kier alpha value is -2.76. The molecule has 2 aromatic rings. The summed E-state index contributed by atoms with van der Waals surface area (Å²) in [7, 11) is 0. The molecule has 0 aliphatic heterocycles. The van der Waals surface area contributed by atoms with Crippen LogP contribution in [0.3, 0.4) is 0 Å². The van der Waals surface area contributed by atoms with Gasteiger partial charge in [0.2, 0.25) is 0 Å². The molecule has 0 fully saturated rings. The van der Waals surface area contributed by atoms with Gasteiger partial charge in [-0.25, -0.2) is 0 Å². The fourth-order valence-electron chi connectivity index (χ4n) is 1.76. The van der Waals surface area contributed by atoms with Crippen molar-refractivity contribution < 1.29 is 22.7 Å². The molecule has 2 aromatic carbocycles. The summed E-state index contributed by atoms with van der Waals surface area (Å²) in [6, 6.07) is 11.8. The molecule has 6 heteroatoms. The molecule has 2 N–H and O–H groups in total. The normalized spacial score (nSPS) is 11.6. The van der Waals surface area contributed by atoms with Crippen LogP contribution in [0, 0.1) is 0 Å². The van der Waals surface area contributed by atoms with Gasteiger partial charge in [-0.2, -0.15) is 0 Å². The Morgan fingerprint density at radius 2 is 1.68 bits per heavy atom. The van der Waals surface area contributed by atoms with Gasteiger partial charge >= 0.3 is 6.36 Å². The summed E-state index contributed by atoms with van der Waals surface area (Å²) >= 11 is 0. The maximum Gasteiger partial charge on any atom is 0.573 e. The number of allylic oxidation sites excluding steroid dienone is 1. The Morgan fingerprint density at radius 3 is 2.27 bits per heavy atom. The number of hydrogen-bond acceptors (Lipinski definition) is 3. The molecule has 22 heavy (non-hydrogen) atoms. The molecule has 0 radical (unpaired) electrons. The number of benzene rings is 2. The van der Waals surface area contributed by atoms with Crippen LogP contribution >= 0.6 is 0 Å². The van der Waals surface area contributed by atoms with E-state index in [1.54, 1.807) is 24.3 Å². The second-order valence-corrected chi connectivity index (χ2v) is 4.40. The van der Waals surface area contributed by atoms with Gasteiger partial charge in [0.15, 0.2) is 5.78 Å². The second kappa shape index (κ2) is 6.34. The van der Waals surface area contributed by atoms with Crippen LogP contribution < -0.4 is 10.5 Å². The third-order valence-corrected chi connectivity index (χ3v) is 2.77. The highest BCUT2D eigenvalue weighted by atomic mass is 19.4. The van der Waals surface area contributed by atoms with Gasteiger partial charge in [0.05, 0.1) is 0 Å². The summed E-state index contributed by atoms with van der Waals surface area (Å²) in [6.07, 6.45) is -1.92. The van der Waals surface area contributed by atoms with Crippen molar-refractivity contribution in [3.05, 3.63) is 65.7 Å². The molecule has 0 aliphatic carbocycles. The maximum atomic E-state index is 12.0. The number of para-hydroxylation sites is 1. The number of hydrogen-bond donors (Lipinski definition) is 1. The molecule has 0 spiro atoms. The molecule has 0 heterocycles. The first-order chi connectivity index (χ1) is 10.3. The Morgan fingerprint density at radius 1 is 1.05 bits per heavy atom. The van der Waals surface area contributed by atoms with Gasteiger partial charge in [-0.3, -0.25) is 4.79 Å². The summed E-state index contributed by atoms with van der Waals surface area (Å²) in [5.41, 5.74) is 7.00. The highest BCUT2D eigenvalue weighted by Crippen LogP contribution is 2.23. The molecule has 114 valence electrons. The molecule has 0 unspecified atom stereocenters. The van der Waals surface area contributed by atoms with Crippen LogP contribution in [0.25, 0.3) is 6.08 Å². The molecule has 3 nitrogen and oxygen atoms in total. The molecular formula is C16H12F3NO2. The lowest BCUT2D eigenvalue weighted by atomic mass is 10.1. The van der Waals surface area contributed by atoms with Crippen molar-refractivity contribution in [2.75, 3.05) is 5.73 Å². The van der Waals surface area contributed by atoms with Crippen molar-refractivity contribution in [3.63, 3.8) is 0 Å². The smallest absolute Gasteiger partial charge is 0.406 e. The van der Waals surface area contributed by atoms with Crippen molar-refractivity contribution in [1.29, 1.82) is 0 Å². The minimum atomic E-state index is -4.72. The predicted molar refractivity (Wildman–Crippen MR) is 77.3 cm³/mol. The van der Waals surface area contributed by atoms with Gasteiger partial charge in [-0.1, -0.05) is 30.3 Å². The van der Waals surface area contributed by atoms with Crippen molar-refractivity contribution in [1.82, 2.24) is 0 Å². The van der Waals surface area contributed by atoms with E-state index in [0.29, 0.717) is 16.8 Å². The van der Waals surface area contributed by atoms with E-state index in [1.165, 1.54) is 36.4 Å². The average molecular weight is 307 g/mol. The lowest BCUT2D eigenvalue weighted by molar-refractivity contribution is -0.274. The molecule has 2 rings (SSSR count). The Balaban J connectivity index is 2.07. The Bertz CT molecular complexity index is 691. The zero-order valence-corrected chi connectivity index (χ0v) is 11.3. The Labute approximate surface area is 124 Å². The number of rotatable bonds is 4. The van der Waals surface area contributed by atoms with Gasteiger partial charge in [0.25, 0.3) is 0 Å². The number of ketones is 1. The number of alkyl halides is 3. The molecule has 0 atom stereocenters. The fourth-order valence-corrected chi connectivity index (χ4v) is 1.76. The van der Waals surface area contributed by atoms with Gasteiger partial charge in [-0.05, 0) is 35.9 Å². The maximum absolute atomic E-state index is 12.0. The highest BCUT2D eigenvalue weighted by Gasteiger charge is 2.30. The minimum absolute atomic E-state index is 0.284. The topological polar surface area (TPSA) is 52.3 Å². The van der Waals surface area contributed by atoms with Crippen LogP contribution in [0.15, 0.2) is 54.6 Å². The monoisotopic (exact) mass is 307 g/mol. The predicted octanol–water partition coefficient (Wildman–Crippen LogP) is 4.06. The molecular weight excluding hydrogens is 295 g/mol. The molecule has 0 bridgehead atoms. The summed E-state index contributed by atoms with van der Waals surface area (Å²) < 4.78 is 39.8. The van der Waals surface area contributed by atoms with Crippen molar-refractivity contribution in [2.45, 2.75) is 6.36 Å². The summed E-state index contributed by atoms with van der Waals surface area (Å²) in [5, 5.41) is 0. The number of halogens is 3. The van der Waals surface area contributed by atoms with Gasteiger partial charge in [-0.15, -0.1) is 13.2 Å². The number of anilines is 1. The standard InChI is InChI=1S/C16H12F3NO2/c17-16(18,19)22-12-8-5-11(6-9-12)7-10-15(21)13-3-1-2-4-14(13)20/h1-10H,20H2/b10-7+.